The standard InChI is InChI=1S/C17H24N6O/c1-21-15(11-22-9-7-18-12-22)19-20-16(21)14-6-3-8-23(10-14)17(24)13-4-2-5-13/h7,9,12-14H,2-6,8,10-11H2,1H3/t14-/m1/s1. The van der Waals surface area contributed by atoms with Crippen LogP contribution in [0.5, 0.6) is 0 Å². The van der Waals surface area contributed by atoms with Crippen molar-refractivity contribution in [3.05, 3.63) is 30.4 Å². The van der Waals surface area contributed by atoms with Crippen LogP contribution in [0.15, 0.2) is 18.7 Å². The lowest BCUT2D eigenvalue weighted by Crippen LogP contribution is -2.44. The molecule has 2 aromatic heterocycles. The molecule has 2 aliphatic rings. The molecule has 1 aliphatic carbocycles. The van der Waals surface area contributed by atoms with Crippen LogP contribution < -0.4 is 0 Å². The van der Waals surface area contributed by atoms with Crippen LogP contribution in [0.1, 0.15) is 49.7 Å². The van der Waals surface area contributed by atoms with Crippen LogP contribution in [0, 0.1) is 5.92 Å². The highest BCUT2D eigenvalue weighted by atomic mass is 16.2. The van der Waals surface area contributed by atoms with Crippen molar-refractivity contribution < 1.29 is 4.79 Å². The van der Waals surface area contributed by atoms with Gasteiger partial charge >= 0.3 is 0 Å². The monoisotopic (exact) mass is 328 g/mol. The Hall–Kier alpha value is -2.18. The number of hydrogen-bond acceptors (Lipinski definition) is 4. The molecule has 1 atom stereocenters. The van der Waals surface area contributed by atoms with Gasteiger partial charge in [-0.3, -0.25) is 4.79 Å². The number of likely N-dealkylation sites (tertiary alicyclic amines) is 1. The predicted molar refractivity (Wildman–Crippen MR) is 88.2 cm³/mol. The smallest absolute Gasteiger partial charge is 0.225 e. The van der Waals surface area contributed by atoms with Crippen molar-refractivity contribution in [2.24, 2.45) is 13.0 Å². The molecule has 1 amide bonds. The molecule has 128 valence electrons. The fourth-order valence-electron chi connectivity index (χ4n) is 3.71. The molecule has 0 aromatic carbocycles. The first-order chi connectivity index (χ1) is 11.7. The van der Waals surface area contributed by atoms with Gasteiger partial charge in [-0.15, -0.1) is 10.2 Å². The Kier molecular flexibility index (Phi) is 4.08. The average molecular weight is 328 g/mol. The summed E-state index contributed by atoms with van der Waals surface area (Å²) in [6.45, 7) is 2.35. The average Bonchev–Trinajstić information content (AvgIpc) is 3.17. The molecule has 0 radical (unpaired) electrons. The minimum atomic E-state index is 0.278. The number of carbonyl (C=O) groups excluding carboxylic acids is 1. The molecule has 0 bridgehead atoms. The van der Waals surface area contributed by atoms with E-state index in [0.717, 1.165) is 50.4 Å². The van der Waals surface area contributed by atoms with Crippen LogP contribution in [0.4, 0.5) is 0 Å². The molecule has 1 saturated heterocycles. The molecule has 2 fully saturated rings. The zero-order valence-electron chi connectivity index (χ0n) is 14.1. The summed E-state index contributed by atoms with van der Waals surface area (Å²) in [5.74, 6) is 2.84. The van der Waals surface area contributed by atoms with Crippen molar-refractivity contribution in [2.75, 3.05) is 13.1 Å². The van der Waals surface area contributed by atoms with Gasteiger partial charge in [0.1, 0.15) is 5.82 Å². The lowest BCUT2D eigenvalue weighted by atomic mass is 9.83. The molecule has 24 heavy (non-hydrogen) atoms. The molecular formula is C17H24N6O. The van der Waals surface area contributed by atoms with Gasteiger partial charge in [0.25, 0.3) is 0 Å². The normalized spacial score (nSPS) is 21.7. The zero-order chi connectivity index (χ0) is 16.5. The van der Waals surface area contributed by atoms with E-state index in [0.29, 0.717) is 12.5 Å². The molecule has 0 N–H and O–H groups in total. The maximum absolute atomic E-state index is 12.5. The van der Waals surface area contributed by atoms with Crippen molar-refractivity contribution in [2.45, 2.75) is 44.6 Å². The van der Waals surface area contributed by atoms with Crippen LogP contribution in [0.25, 0.3) is 0 Å². The Labute approximate surface area is 141 Å². The van der Waals surface area contributed by atoms with E-state index >= 15 is 0 Å². The van der Waals surface area contributed by atoms with E-state index in [9.17, 15) is 4.79 Å². The molecule has 3 heterocycles. The summed E-state index contributed by atoms with van der Waals surface area (Å²) >= 11 is 0. The Morgan fingerprint density at radius 3 is 2.83 bits per heavy atom. The van der Waals surface area contributed by atoms with Crippen LogP contribution in [-0.4, -0.2) is 48.2 Å². The van der Waals surface area contributed by atoms with Gasteiger partial charge < -0.3 is 14.0 Å². The van der Waals surface area contributed by atoms with Gasteiger partial charge in [-0.25, -0.2) is 4.98 Å². The molecule has 0 spiro atoms. The number of imidazole rings is 1. The summed E-state index contributed by atoms with van der Waals surface area (Å²) in [6.07, 6.45) is 10.9. The minimum absolute atomic E-state index is 0.278. The first-order valence-electron chi connectivity index (χ1n) is 8.85. The molecule has 1 aliphatic heterocycles. The van der Waals surface area contributed by atoms with Crippen molar-refractivity contribution >= 4 is 5.91 Å². The number of aromatic nitrogens is 5. The quantitative estimate of drug-likeness (QED) is 0.854. The second-order valence-corrected chi connectivity index (χ2v) is 7.02. The highest BCUT2D eigenvalue weighted by Gasteiger charge is 2.33. The Balaban J connectivity index is 1.47. The molecule has 7 nitrogen and oxygen atoms in total. The molecule has 0 unspecified atom stereocenters. The van der Waals surface area contributed by atoms with Crippen molar-refractivity contribution in [1.29, 1.82) is 0 Å². The maximum Gasteiger partial charge on any atom is 0.225 e. The summed E-state index contributed by atoms with van der Waals surface area (Å²) in [4.78, 5) is 18.7. The second kappa shape index (κ2) is 6.37. The largest absolute Gasteiger partial charge is 0.342 e. The molecule has 7 heteroatoms. The van der Waals surface area contributed by atoms with Crippen LogP contribution in [0.2, 0.25) is 0 Å². The highest BCUT2D eigenvalue weighted by Crippen LogP contribution is 2.32. The van der Waals surface area contributed by atoms with E-state index in [1.165, 1.54) is 6.42 Å². The first-order valence-corrected chi connectivity index (χ1v) is 8.85. The van der Waals surface area contributed by atoms with Gasteiger partial charge in [0.15, 0.2) is 5.82 Å². The van der Waals surface area contributed by atoms with Crippen LogP contribution in [0.3, 0.4) is 0 Å². The van der Waals surface area contributed by atoms with Crippen LogP contribution >= 0.6 is 0 Å². The summed E-state index contributed by atoms with van der Waals surface area (Å²) < 4.78 is 4.07. The second-order valence-electron chi connectivity index (χ2n) is 7.02. The SMILES string of the molecule is Cn1c(Cn2ccnc2)nnc1[C@@H]1CCCN(C(=O)C2CCC2)C1. The Morgan fingerprint density at radius 1 is 1.25 bits per heavy atom. The van der Waals surface area contributed by atoms with E-state index in [-0.39, 0.29) is 11.8 Å². The topological polar surface area (TPSA) is 68.8 Å². The number of amides is 1. The predicted octanol–water partition coefficient (Wildman–Crippen LogP) is 1.57. The summed E-state index contributed by atoms with van der Waals surface area (Å²) in [7, 11) is 2.02. The lowest BCUT2D eigenvalue weighted by Gasteiger charge is -2.36. The van der Waals surface area contributed by atoms with E-state index < -0.39 is 0 Å². The van der Waals surface area contributed by atoms with E-state index in [4.69, 9.17) is 0 Å². The van der Waals surface area contributed by atoms with Gasteiger partial charge in [-0.05, 0) is 25.7 Å². The van der Waals surface area contributed by atoms with E-state index in [1.807, 2.05) is 17.8 Å². The minimum Gasteiger partial charge on any atom is -0.342 e. The number of hydrogen-bond donors (Lipinski definition) is 0. The van der Waals surface area contributed by atoms with Gasteiger partial charge in [0, 0.05) is 44.4 Å². The van der Waals surface area contributed by atoms with E-state index in [1.54, 1.807) is 12.5 Å². The van der Waals surface area contributed by atoms with Crippen LogP contribution in [-0.2, 0) is 18.4 Å². The van der Waals surface area contributed by atoms with Crippen molar-refractivity contribution in [3.63, 3.8) is 0 Å². The molecular weight excluding hydrogens is 304 g/mol. The summed E-state index contributed by atoms with van der Waals surface area (Å²) in [5.41, 5.74) is 0. The fraction of sp³-hybridized carbons (Fsp3) is 0.647. The molecule has 2 aromatic rings. The maximum atomic E-state index is 12.5. The highest BCUT2D eigenvalue weighted by molar-refractivity contribution is 5.79. The molecule has 1 saturated carbocycles. The summed E-state index contributed by atoms with van der Waals surface area (Å²) in [5, 5.41) is 8.79. The number of nitrogens with zero attached hydrogens (tertiary/aromatic N) is 6. The molecule has 4 rings (SSSR count). The van der Waals surface area contributed by atoms with Gasteiger partial charge in [0.2, 0.25) is 5.91 Å². The van der Waals surface area contributed by atoms with Gasteiger partial charge in [-0.2, -0.15) is 0 Å². The number of rotatable bonds is 4. The number of carbonyl (C=O) groups is 1. The van der Waals surface area contributed by atoms with Gasteiger partial charge in [-0.1, -0.05) is 6.42 Å². The van der Waals surface area contributed by atoms with Crippen molar-refractivity contribution in [3.8, 4) is 0 Å². The van der Waals surface area contributed by atoms with E-state index in [2.05, 4.69) is 24.6 Å². The van der Waals surface area contributed by atoms with Crippen molar-refractivity contribution in [1.82, 2.24) is 29.2 Å². The summed E-state index contributed by atoms with van der Waals surface area (Å²) in [6, 6.07) is 0. The zero-order valence-corrected chi connectivity index (χ0v) is 14.1. The Morgan fingerprint density at radius 2 is 2.12 bits per heavy atom. The first kappa shape index (κ1) is 15.4. The third-order valence-corrected chi connectivity index (χ3v) is 5.43. The third kappa shape index (κ3) is 2.83. The third-order valence-electron chi connectivity index (χ3n) is 5.43. The fourth-order valence-corrected chi connectivity index (χ4v) is 3.71. The lowest BCUT2D eigenvalue weighted by molar-refractivity contribution is -0.139. The Bertz CT molecular complexity index is 703. The number of piperidine rings is 1. The van der Waals surface area contributed by atoms with Gasteiger partial charge in [0.05, 0.1) is 12.9 Å².